The van der Waals surface area contributed by atoms with Gasteiger partial charge in [0.2, 0.25) is 11.7 Å². The average molecular weight is 599 g/mol. The van der Waals surface area contributed by atoms with Crippen molar-refractivity contribution in [3.63, 3.8) is 0 Å². The minimum atomic E-state index is -2.77. The number of ketones is 5. The number of hydrogen-bond acceptors (Lipinski definition) is 10. The highest BCUT2D eigenvalue weighted by molar-refractivity contribution is 6.32. The van der Waals surface area contributed by atoms with E-state index in [1.165, 1.54) is 31.3 Å². The Morgan fingerprint density at radius 2 is 1.73 bits per heavy atom. The fourth-order valence-corrected chi connectivity index (χ4v) is 7.39. The molecule has 6 atom stereocenters. The highest BCUT2D eigenvalue weighted by Crippen LogP contribution is 2.51. The van der Waals surface area contributed by atoms with Crippen LogP contribution in [0.25, 0.3) is 11.1 Å². The number of amides is 1. The Kier molecular flexibility index (Phi) is 6.97. The monoisotopic (exact) mass is 598 g/mol. The van der Waals surface area contributed by atoms with Crippen molar-refractivity contribution in [2.45, 2.75) is 30.9 Å². The number of phenols is 1. The first-order valence-corrected chi connectivity index (χ1v) is 14.2. The van der Waals surface area contributed by atoms with Gasteiger partial charge in [0.25, 0.3) is 0 Å². The first-order chi connectivity index (χ1) is 20.9. The van der Waals surface area contributed by atoms with Gasteiger partial charge in [0.15, 0.2) is 40.4 Å². The molecule has 6 rings (SSSR count). The van der Waals surface area contributed by atoms with Crippen molar-refractivity contribution >= 4 is 34.8 Å². The van der Waals surface area contributed by atoms with E-state index in [0.29, 0.717) is 16.7 Å². The standard InChI is InChI=1S/C33H30N2O9/c1-35(2)27-20-14-17-13-19-18(16-7-5-15(6-8-16)12-22(37)23-4-3-11-44-23)9-10-21(36)25(19)28(38)24(17)30(40)33(20,43)31(41)26(29(27)39)32(34)42/h3-11,17,20,24,26-27,36,43H,12-14H2,1-2H3,(H2,34,42)/t17-,20-,24?,26?,27-,33-/m1/s1. The van der Waals surface area contributed by atoms with Gasteiger partial charge in [-0.2, -0.15) is 0 Å². The molecular weight excluding hydrogens is 568 g/mol. The van der Waals surface area contributed by atoms with E-state index >= 15 is 0 Å². The molecule has 2 unspecified atom stereocenters. The van der Waals surface area contributed by atoms with Crippen LogP contribution < -0.4 is 5.73 Å². The minimum absolute atomic E-state index is 0.0349. The lowest BCUT2D eigenvalue weighted by Crippen LogP contribution is -2.74. The van der Waals surface area contributed by atoms with E-state index in [0.717, 1.165) is 5.56 Å². The molecule has 0 bridgehead atoms. The summed E-state index contributed by atoms with van der Waals surface area (Å²) in [6.07, 6.45) is 1.66. The fraction of sp³-hybridized carbons (Fsp3) is 0.333. The number of Topliss-reactive ketones (excluding diaryl/α,β-unsaturated/α-hetero) is 5. The number of carbonyl (C=O) groups is 6. The average Bonchev–Trinajstić information content (AvgIpc) is 3.51. The van der Waals surface area contributed by atoms with E-state index in [2.05, 4.69) is 0 Å². The minimum Gasteiger partial charge on any atom is -0.507 e. The fourth-order valence-electron chi connectivity index (χ4n) is 7.39. The predicted molar refractivity (Wildman–Crippen MR) is 154 cm³/mol. The van der Waals surface area contributed by atoms with Crippen LogP contribution in [0.15, 0.2) is 59.2 Å². The van der Waals surface area contributed by atoms with Crippen molar-refractivity contribution in [2.75, 3.05) is 14.1 Å². The maximum Gasteiger partial charge on any atom is 0.235 e. The summed E-state index contributed by atoms with van der Waals surface area (Å²) in [6.45, 7) is 0. The lowest BCUT2D eigenvalue weighted by Gasteiger charge is -2.52. The smallest absolute Gasteiger partial charge is 0.235 e. The largest absolute Gasteiger partial charge is 0.507 e. The number of primary amides is 1. The third-order valence-corrected chi connectivity index (χ3v) is 9.37. The summed E-state index contributed by atoms with van der Waals surface area (Å²) in [7, 11) is 3.08. The summed E-state index contributed by atoms with van der Waals surface area (Å²) in [5.74, 6) is -10.8. The number of nitrogens with two attached hydrogens (primary N) is 1. The zero-order chi connectivity index (χ0) is 31.7. The number of likely N-dealkylation sites (N-methyl/N-ethyl adjacent to an activating group) is 1. The normalized spacial score (nSPS) is 28.0. The molecule has 1 heterocycles. The number of furan rings is 1. The maximum atomic E-state index is 14.0. The molecule has 44 heavy (non-hydrogen) atoms. The molecule has 0 saturated heterocycles. The quantitative estimate of drug-likeness (QED) is 0.278. The zero-order valence-electron chi connectivity index (χ0n) is 24.0. The van der Waals surface area contributed by atoms with Crippen molar-refractivity contribution in [2.24, 2.45) is 29.4 Å². The predicted octanol–water partition coefficient (Wildman–Crippen LogP) is 1.55. The number of aromatic hydroxyl groups is 1. The molecule has 1 aromatic heterocycles. The van der Waals surface area contributed by atoms with Gasteiger partial charge in [0.1, 0.15) is 5.75 Å². The van der Waals surface area contributed by atoms with E-state index < -0.39 is 64.4 Å². The van der Waals surface area contributed by atoms with Crippen LogP contribution in [0.2, 0.25) is 0 Å². The number of carbonyl (C=O) groups excluding carboxylic acids is 6. The second-order valence-corrected chi connectivity index (χ2v) is 12.0. The van der Waals surface area contributed by atoms with Crippen molar-refractivity contribution in [1.29, 1.82) is 0 Å². The molecule has 2 aromatic carbocycles. The summed E-state index contributed by atoms with van der Waals surface area (Å²) >= 11 is 0. The number of fused-ring (bicyclic) bond motifs is 3. The van der Waals surface area contributed by atoms with Crippen molar-refractivity contribution in [3.8, 4) is 16.9 Å². The highest BCUT2D eigenvalue weighted by atomic mass is 16.3. The summed E-state index contributed by atoms with van der Waals surface area (Å²) in [5.41, 5.74) is 5.10. The van der Waals surface area contributed by atoms with Crippen LogP contribution in [0.5, 0.6) is 5.75 Å². The third-order valence-electron chi connectivity index (χ3n) is 9.37. The second kappa shape index (κ2) is 10.5. The molecule has 3 aliphatic carbocycles. The van der Waals surface area contributed by atoms with Crippen LogP contribution >= 0.6 is 0 Å². The van der Waals surface area contributed by atoms with Gasteiger partial charge in [0.05, 0.1) is 23.8 Å². The van der Waals surface area contributed by atoms with Gasteiger partial charge in [-0.05, 0) is 73.3 Å². The number of nitrogens with zero attached hydrogens (tertiary/aromatic N) is 1. The first kappa shape index (κ1) is 29.3. The molecule has 11 nitrogen and oxygen atoms in total. The molecule has 3 aliphatic rings. The highest BCUT2D eigenvalue weighted by Gasteiger charge is 2.69. The van der Waals surface area contributed by atoms with Gasteiger partial charge in [-0.15, -0.1) is 0 Å². The van der Waals surface area contributed by atoms with Gasteiger partial charge in [-0.25, -0.2) is 0 Å². The van der Waals surface area contributed by atoms with Crippen LogP contribution in [0, 0.1) is 23.7 Å². The van der Waals surface area contributed by atoms with Gasteiger partial charge in [-0.3, -0.25) is 33.7 Å². The zero-order valence-corrected chi connectivity index (χ0v) is 24.0. The number of hydrogen-bond donors (Lipinski definition) is 3. The molecule has 4 N–H and O–H groups in total. The Labute approximate surface area is 251 Å². The molecule has 2 fully saturated rings. The Bertz CT molecular complexity index is 1740. The Hall–Kier alpha value is -4.74. The molecule has 0 spiro atoms. The van der Waals surface area contributed by atoms with Crippen LogP contribution in [-0.2, 0) is 32.0 Å². The summed E-state index contributed by atoms with van der Waals surface area (Å²) < 4.78 is 5.18. The Morgan fingerprint density at radius 3 is 2.34 bits per heavy atom. The number of rotatable bonds is 6. The molecule has 11 heteroatoms. The molecule has 226 valence electrons. The molecule has 1 amide bonds. The van der Waals surface area contributed by atoms with Crippen LogP contribution in [0.3, 0.4) is 0 Å². The Morgan fingerprint density at radius 1 is 1.02 bits per heavy atom. The molecule has 2 saturated carbocycles. The van der Waals surface area contributed by atoms with Crippen molar-refractivity contribution in [3.05, 3.63) is 77.2 Å². The topological polar surface area (TPSA) is 185 Å². The van der Waals surface area contributed by atoms with E-state index in [9.17, 15) is 39.0 Å². The van der Waals surface area contributed by atoms with Crippen LogP contribution in [0.1, 0.15) is 38.5 Å². The lowest BCUT2D eigenvalue weighted by molar-refractivity contribution is -0.181. The van der Waals surface area contributed by atoms with E-state index in [-0.39, 0.29) is 42.1 Å². The van der Waals surface area contributed by atoms with E-state index in [4.69, 9.17) is 10.2 Å². The SMILES string of the molecule is CN(C)[C@H]1C(=O)C(C(N)=O)C(=O)[C@]2(O)C(=O)C3C(=O)c4c(O)ccc(-c5ccc(CC(=O)c6ccco6)cc5)c4C[C@@H]3C[C@H]12. The van der Waals surface area contributed by atoms with Crippen molar-refractivity contribution < 1.29 is 43.4 Å². The molecule has 0 aliphatic heterocycles. The van der Waals surface area contributed by atoms with Crippen LogP contribution in [-0.4, -0.2) is 75.7 Å². The summed E-state index contributed by atoms with van der Waals surface area (Å²) in [5, 5.41) is 22.5. The van der Waals surface area contributed by atoms with Gasteiger partial charge < -0.3 is 20.4 Å². The first-order valence-electron chi connectivity index (χ1n) is 14.2. The number of benzene rings is 2. The Balaban J connectivity index is 1.38. The van der Waals surface area contributed by atoms with E-state index in [1.807, 2.05) is 0 Å². The maximum absolute atomic E-state index is 14.0. The van der Waals surface area contributed by atoms with Crippen LogP contribution in [0.4, 0.5) is 0 Å². The van der Waals surface area contributed by atoms with Gasteiger partial charge in [0, 0.05) is 12.3 Å². The number of phenolic OH excluding ortho intramolecular Hbond substituents is 1. The van der Waals surface area contributed by atoms with Gasteiger partial charge >= 0.3 is 0 Å². The molecule has 0 radical (unpaired) electrons. The lowest BCUT2D eigenvalue weighted by atomic mass is 9.52. The molecule has 3 aromatic rings. The third kappa shape index (κ3) is 4.26. The molecular formula is C33H30N2O9. The van der Waals surface area contributed by atoms with E-state index in [1.54, 1.807) is 42.5 Å². The number of aliphatic hydroxyl groups is 1. The van der Waals surface area contributed by atoms with Crippen molar-refractivity contribution in [1.82, 2.24) is 4.90 Å². The summed E-state index contributed by atoms with van der Waals surface area (Å²) in [6, 6.07) is 12.2. The summed E-state index contributed by atoms with van der Waals surface area (Å²) in [4.78, 5) is 80.7. The second-order valence-electron chi connectivity index (χ2n) is 12.0. The van der Waals surface area contributed by atoms with Gasteiger partial charge in [-0.1, -0.05) is 30.3 Å².